The van der Waals surface area contributed by atoms with Crippen molar-refractivity contribution in [3.05, 3.63) is 76.9 Å². The van der Waals surface area contributed by atoms with Crippen LogP contribution < -0.4 is 10.6 Å². The standard InChI is InChI=1S/C27H30N2O3S/c1-2-32-26(31)23-22(18-11-5-3-6-12-18)17-20-15-9-10-16-21(20)24(23)28-27(33)29-25(30)19-13-7-4-8-14-19/h4,7-10,13-16,18,22H,2-3,5-6,11-12,17H2,1H3,(H2,28,29,30,33). The lowest BCUT2D eigenvalue weighted by Crippen LogP contribution is -2.41. The van der Waals surface area contributed by atoms with Gasteiger partial charge in [0.25, 0.3) is 5.91 Å². The normalized spacial score (nSPS) is 18.3. The Bertz CT molecular complexity index is 1060. The molecule has 1 unspecified atom stereocenters. The molecule has 6 heteroatoms. The Hall–Kier alpha value is -2.99. The fourth-order valence-electron chi connectivity index (χ4n) is 5.06. The highest BCUT2D eigenvalue weighted by Gasteiger charge is 2.37. The number of fused-ring (bicyclic) bond motifs is 1. The van der Waals surface area contributed by atoms with Gasteiger partial charge in [-0.25, -0.2) is 4.79 Å². The number of benzene rings is 2. The molecule has 2 N–H and O–H groups in total. The van der Waals surface area contributed by atoms with Gasteiger partial charge in [0, 0.05) is 17.0 Å². The molecule has 0 saturated heterocycles. The first-order valence-corrected chi connectivity index (χ1v) is 12.2. The number of carbonyl (C=O) groups is 2. The summed E-state index contributed by atoms with van der Waals surface area (Å²) in [7, 11) is 0. The van der Waals surface area contributed by atoms with Crippen molar-refractivity contribution in [2.45, 2.75) is 45.4 Å². The van der Waals surface area contributed by atoms with E-state index in [0.717, 1.165) is 24.8 Å². The monoisotopic (exact) mass is 462 g/mol. The van der Waals surface area contributed by atoms with Gasteiger partial charge in [0.05, 0.1) is 17.9 Å². The van der Waals surface area contributed by atoms with E-state index in [2.05, 4.69) is 16.7 Å². The number of rotatable bonds is 5. The van der Waals surface area contributed by atoms with Crippen LogP contribution in [0.5, 0.6) is 0 Å². The van der Waals surface area contributed by atoms with Gasteiger partial charge in [-0.3, -0.25) is 10.1 Å². The zero-order valence-corrected chi connectivity index (χ0v) is 19.8. The van der Waals surface area contributed by atoms with Crippen molar-refractivity contribution >= 4 is 34.9 Å². The quantitative estimate of drug-likeness (QED) is 0.483. The minimum atomic E-state index is -0.303. The maximum atomic E-state index is 13.2. The molecule has 5 nitrogen and oxygen atoms in total. The SMILES string of the molecule is CCOC(=O)C1=C(NC(=S)NC(=O)c2ccccc2)c2ccccc2CC1C1CCCCC1. The summed E-state index contributed by atoms with van der Waals surface area (Å²) < 4.78 is 5.51. The predicted molar refractivity (Wildman–Crippen MR) is 133 cm³/mol. The molecule has 0 bridgehead atoms. The lowest BCUT2D eigenvalue weighted by Gasteiger charge is -2.36. The van der Waals surface area contributed by atoms with Crippen molar-refractivity contribution in [3.63, 3.8) is 0 Å². The van der Waals surface area contributed by atoms with Crippen LogP contribution in [0.4, 0.5) is 0 Å². The Balaban J connectivity index is 1.69. The molecule has 1 atom stereocenters. The van der Waals surface area contributed by atoms with Crippen molar-refractivity contribution in [1.29, 1.82) is 0 Å². The molecule has 1 fully saturated rings. The Morgan fingerprint density at radius 3 is 2.42 bits per heavy atom. The first-order valence-electron chi connectivity index (χ1n) is 11.8. The molecule has 2 aromatic rings. The molecule has 4 rings (SSSR count). The molecule has 0 spiro atoms. The average molecular weight is 463 g/mol. The highest BCUT2D eigenvalue weighted by molar-refractivity contribution is 7.80. The van der Waals surface area contributed by atoms with Crippen LogP contribution in [-0.4, -0.2) is 23.6 Å². The molecule has 0 radical (unpaired) electrons. The van der Waals surface area contributed by atoms with Crippen molar-refractivity contribution in [3.8, 4) is 0 Å². The summed E-state index contributed by atoms with van der Waals surface area (Å²) >= 11 is 5.51. The lowest BCUT2D eigenvalue weighted by molar-refractivity contribution is -0.139. The molecule has 0 heterocycles. The van der Waals surface area contributed by atoms with Crippen molar-refractivity contribution < 1.29 is 14.3 Å². The maximum Gasteiger partial charge on any atom is 0.336 e. The molecule has 1 amide bonds. The molecular weight excluding hydrogens is 432 g/mol. The van der Waals surface area contributed by atoms with Crippen LogP contribution in [0.1, 0.15) is 60.5 Å². The molecule has 0 aromatic heterocycles. The van der Waals surface area contributed by atoms with Gasteiger partial charge in [-0.2, -0.15) is 0 Å². The van der Waals surface area contributed by atoms with E-state index in [-0.39, 0.29) is 22.9 Å². The van der Waals surface area contributed by atoms with E-state index < -0.39 is 0 Å². The van der Waals surface area contributed by atoms with Gasteiger partial charge >= 0.3 is 5.97 Å². The van der Waals surface area contributed by atoms with Crippen LogP contribution in [0.15, 0.2) is 60.2 Å². The van der Waals surface area contributed by atoms with E-state index in [1.54, 1.807) is 24.3 Å². The van der Waals surface area contributed by atoms with E-state index in [9.17, 15) is 9.59 Å². The fraction of sp³-hybridized carbons (Fsp3) is 0.370. The van der Waals surface area contributed by atoms with E-state index in [1.807, 2.05) is 31.2 Å². The second-order valence-electron chi connectivity index (χ2n) is 8.65. The van der Waals surface area contributed by atoms with Gasteiger partial charge in [0.15, 0.2) is 5.11 Å². The number of carbonyl (C=O) groups excluding carboxylic acids is 2. The first kappa shape index (κ1) is 23.2. The number of esters is 1. The summed E-state index contributed by atoms with van der Waals surface area (Å²) in [5.74, 6) is -0.105. The molecule has 172 valence electrons. The minimum Gasteiger partial charge on any atom is -0.463 e. The van der Waals surface area contributed by atoms with Gasteiger partial charge in [0.2, 0.25) is 0 Å². The number of hydrogen-bond donors (Lipinski definition) is 2. The van der Waals surface area contributed by atoms with Gasteiger partial charge < -0.3 is 10.1 Å². The Labute approximate surface area is 200 Å². The van der Waals surface area contributed by atoms with E-state index in [0.29, 0.717) is 29.4 Å². The average Bonchev–Trinajstić information content (AvgIpc) is 2.85. The summed E-state index contributed by atoms with van der Waals surface area (Å²) in [5, 5.41) is 6.13. The zero-order chi connectivity index (χ0) is 23.2. The van der Waals surface area contributed by atoms with E-state index in [4.69, 9.17) is 17.0 Å². The van der Waals surface area contributed by atoms with Crippen LogP contribution in [-0.2, 0) is 16.0 Å². The van der Waals surface area contributed by atoms with Crippen molar-refractivity contribution in [1.82, 2.24) is 10.6 Å². The fourth-order valence-corrected chi connectivity index (χ4v) is 5.25. The molecule has 2 aliphatic rings. The number of hydrogen-bond acceptors (Lipinski definition) is 4. The Kier molecular flexibility index (Phi) is 7.55. The van der Waals surface area contributed by atoms with E-state index in [1.165, 1.54) is 24.8 Å². The number of ether oxygens (including phenoxy) is 1. The largest absolute Gasteiger partial charge is 0.463 e. The van der Waals surface area contributed by atoms with Crippen LogP contribution in [0.2, 0.25) is 0 Å². The van der Waals surface area contributed by atoms with Crippen LogP contribution >= 0.6 is 12.2 Å². The summed E-state index contributed by atoms with van der Waals surface area (Å²) in [6.45, 7) is 2.13. The highest BCUT2D eigenvalue weighted by Crippen LogP contribution is 2.42. The first-order chi connectivity index (χ1) is 16.1. The molecule has 33 heavy (non-hydrogen) atoms. The highest BCUT2D eigenvalue weighted by atomic mass is 32.1. The predicted octanol–water partition coefficient (Wildman–Crippen LogP) is 5.02. The summed E-state index contributed by atoms with van der Waals surface area (Å²) in [4.78, 5) is 25.9. The molecule has 1 saturated carbocycles. The van der Waals surface area contributed by atoms with Gasteiger partial charge in [-0.1, -0.05) is 61.7 Å². The molecule has 0 aliphatic heterocycles. The molecule has 2 aromatic carbocycles. The number of nitrogens with one attached hydrogen (secondary N) is 2. The summed E-state index contributed by atoms with van der Waals surface area (Å²) in [6, 6.07) is 17.0. The van der Waals surface area contributed by atoms with Gasteiger partial charge in [-0.05, 0) is 62.0 Å². The second-order valence-corrected chi connectivity index (χ2v) is 9.06. The van der Waals surface area contributed by atoms with Crippen LogP contribution in [0.3, 0.4) is 0 Å². The third kappa shape index (κ3) is 5.33. The lowest BCUT2D eigenvalue weighted by atomic mass is 9.70. The Morgan fingerprint density at radius 2 is 1.70 bits per heavy atom. The smallest absolute Gasteiger partial charge is 0.336 e. The topological polar surface area (TPSA) is 67.4 Å². The maximum absolute atomic E-state index is 13.2. The second kappa shape index (κ2) is 10.8. The van der Waals surface area contributed by atoms with Crippen LogP contribution in [0.25, 0.3) is 5.70 Å². The van der Waals surface area contributed by atoms with E-state index >= 15 is 0 Å². The van der Waals surface area contributed by atoms with Crippen molar-refractivity contribution in [2.24, 2.45) is 11.8 Å². The summed E-state index contributed by atoms with van der Waals surface area (Å²) in [5.41, 5.74) is 3.94. The number of thiocarbonyl (C=S) groups is 1. The molecular formula is C27H30N2O3S. The zero-order valence-electron chi connectivity index (χ0n) is 18.9. The Morgan fingerprint density at radius 1 is 1.00 bits per heavy atom. The van der Waals surface area contributed by atoms with Gasteiger partial charge in [-0.15, -0.1) is 0 Å². The molecule has 2 aliphatic carbocycles. The number of amides is 1. The van der Waals surface area contributed by atoms with Crippen LogP contribution in [0, 0.1) is 11.8 Å². The third-order valence-corrected chi connectivity index (χ3v) is 6.79. The van der Waals surface area contributed by atoms with Crippen molar-refractivity contribution in [2.75, 3.05) is 6.61 Å². The summed E-state index contributed by atoms with van der Waals surface area (Å²) in [6.07, 6.45) is 6.65. The third-order valence-electron chi connectivity index (χ3n) is 6.58. The minimum absolute atomic E-state index is 0.0642. The van der Waals surface area contributed by atoms with Gasteiger partial charge in [0.1, 0.15) is 0 Å².